The van der Waals surface area contributed by atoms with Crippen LogP contribution in [0.15, 0.2) is 24.3 Å². The fourth-order valence-corrected chi connectivity index (χ4v) is 4.84. The summed E-state index contributed by atoms with van der Waals surface area (Å²) in [7, 11) is 0. The minimum atomic E-state index is -0.148. The molecule has 7 heteroatoms. The van der Waals surface area contributed by atoms with E-state index in [9.17, 15) is 4.79 Å². The summed E-state index contributed by atoms with van der Waals surface area (Å²) >= 11 is 1.14. The Hall–Kier alpha value is -1.83. The lowest BCUT2D eigenvalue weighted by molar-refractivity contribution is -0.101. The number of hydrogen-bond acceptors (Lipinski definition) is 6. The van der Waals surface area contributed by atoms with E-state index in [1.807, 2.05) is 19.1 Å². The Morgan fingerprint density at radius 2 is 1.90 bits per heavy atom. The van der Waals surface area contributed by atoms with Crippen molar-refractivity contribution in [2.24, 2.45) is 5.92 Å². The number of nitrogens with zero attached hydrogens (tertiary/aromatic N) is 3. The molecule has 0 unspecified atom stereocenters. The molecule has 0 spiro atoms. The van der Waals surface area contributed by atoms with E-state index in [1.165, 1.54) is 5.56 Å². The monoisotopic (exact) mass is 430 g/mol. The lowest BCUT2D eigenvalue weighted by Crippen LogP contribution is -2.44. The number of rotatable bonds is 8. The van der Waals surface area contributed by atoms with Gasteiger partial charge in [-0.05, 0) is 67.5 Å². The van der Waals surface area contributed by atoms with E-state index in [0.717, 1.165) is 48.8 Å². The Bertz CT molecular complexity index is 817. The van der Waals surface area contributed by atoms with Crippen LogP contribution in [-0.4, -0.2) is 45.6 Å². The highest BCUT2D eigenvalue weighted by atomic mass is 32.1. The zero-order chi connectivity index (χ0) is 21.7. The highest BCUT2D eigenvalue weighted by Gasteiger charge is 2.34. The van der Waals surface area contributed by atoms with Gasteiger partial charge in [0.2, 0.25) is 0 Å². The fourth-order valence-electron chi connectivity index (χ4n) is 4.20. The van der Waals surface area contributed by atoms with Crippen LogP contribution in [0.25, 0.3) is 0 Å². The van der Waals surface area contributed by atoms with Gasteiger partial charge in [-0.3, -0.25) is 4.79 Å². The zero-order valence-corrected chi connectivity index (χ0v) is 19.5. The van der Waals surface area contributed by atoms with E-state index in [-0.39, 0.29) is 18.1 Å². The Morgan fingerprint density at radius 3 is 2.50 bits per heavy atom. The molecular weight excluding hydrogens is 396 g/mol. The minimum absolute atomic E-state index is 0.0823. The first-order valence-electron chi connectivity index (χ1n) is 11.1. The van der Waals surface area contributed by atoms with E-state index in [0.29, 0.717) is 23.3 Å². The van der Waals surface area contributed by atoms with Crippen molar-refractivity contribution >= 4 is 23.1 Å². The number of carbonyl (C=O) groups is 1. The lowest BCUT2D eigenvalue weighted by Gasteiger charge is -2.42. The second-order valence-corrected chi connectivity index (χ2v) is 8.99. The zero-order valence-electron chi connectivity index (χ0n) is 18.7. The largest absolute Gasteiger partial charge is 0.370 e. The smallest absolute Gasteiger partial charge is 0.269 e. The van der Waals surface area contributed by atoms with Crippen LogP contribution < -0.4 is 5.32 Å². The molecule has 1 amide bonds. The van der Waals surface area contributed by atoms with Gasteiger partial charge in [0.15, 0.2) is 0 Å². The van der Waals surface area contributed by atoms with Crippen LogP contribution in [0, 0.1) is 5.92 Å². The van der Waals surface area contributed by atoms with Crippen molar-refractivity contribution in [2.75, 3.05) is 18.4 Å². The van der Waals surface area contributed by atoms with E-state index in [2.05, 4.69) is 59.6 Å². The third-order valence-electron chi connectivity index (χ3n) is 6.04. The van der Waals surface area contributed by atoms with Crippen molar-refractivity contribution in [3.05, 3.63) is 40.4 Å². The number of carbonyl (C=O) groups excluding carboxylic acids is 1. The predicted molar refractivity (Wildman–Crippen MR) is 122 cm³/mol. The van der Waals surface area contributed by atoms with Crippen LogP contribution in [0.4, 0.5) is 5.69 Å². The Labute approximate surface area is 184 Å². The maximum Gasteiger partial charge on any atom is 0.269 e. The van der Waals surface area contributed by atoms with Gasteiger partial charge in [-0.1, -0.05) is 51.2 Å². The van der Waals surface area contributed by atoms with Crippen LogP contribution in [0.1, 0.15) is 74.5 Å². The predicted octanol–water partition coefficient (Wildman–Crippen LogP) is 4.94. The molecule has 1 fully saturated rings. The van der Waals surface area contributed by atoms with Crippen LogP contribution in [0.2, 0.25) is 0 Å². The fraction of sp³-hybridized carbons (Fsp3) is 0.609. The Balaban J connectivity index is 1.71. The van der Waals surface area contributed by atoms with Crippen molar-refractivity contribution < 1.29 is 9.53 Å². The molecule has 0 bridgehead atoms. The molecule has 164 valence electrons. The molecule has 3 rings (SSSR count). The quantitative estimate of drug-likeness (QED) is 0.642. The Kier molecular flexibility index (Phi) is 7.97. The molecule has 0 saturated carbocycles. The molecule has 0 aliphatic carbocycles. The normalized spacial score (nSPS) is 21.9. The summed E-state index contributed by atoms with van der Waals surface area (Å²) < 4.78 is 10.4. The van der Waals surface area contributed by atoms with Crippen molar-refractivity contribution in [3.63, 3.8) is 0 Å². The summed E-state index contributed by atoms with van der Waals surface area (Å²) in [5.41, 5.74) is 2.69. The second-order valence-electron chi connectivity index (χ2n) is 8.23. The summed E-state index contributed by atoms with van der Waals surface area (Å²) in [6.07, 6.45) is 3.14. The van der Waals surface area contributed by atoms with Gasteiger partial charge in [-0.15, -0.1) is 5.10 Å². The van der Waals surface area contributed by atoms with Crippen LogP contribution in [-0.2, 0) is 11.2 Å². The second kappa shape index (κ2) is 10.5. The lowest BCUT2D eigenvalue weighted by atomic mass is 9.89. The first-order chi connectivity index (χ1) is 14.5. The summed E-state index contributed by atoms with van der Waals surface area (Å²) in [6.45, 7) is 13.1. The molecule has 2 aromatic rings. The molecule has 0 radical (unpaired) electrons. The Morgan fingerprint density at radius 1 is 1.20 bits per heavy atom. The molecule has 1 N–H and O–H groups in total. The molecular formula is C23H34N4O2S. The third kappa shape index (κ3) is 5.25. The van der Waals surface area contributed by atoms with E-state index in [1.54, 1.807) is 0 Å². The molecule has 1 aromatic heterocycles. The average Bonchev–Trinajstić information content (AvgIpc) is 3.24. The topological polar surface area (TPSA) is 67.4 Å². The van der Waals surface area contributed by atoms with E-state index in [4.69, 9.17) is 4.74 Å². The molecule has 6 nitrogen and oxygen atoms in total. The van der Waals surface area contributed by atoms with E-state index >= 15 is 0 Å². The minimum Gasteiger partial charge on any atom is -0.370 e. The first-order valence-corrected chi connectivity index (χ1v) is 11.9. The van der Waals surface area contributed by atoms with Crippen molar-refractivity contribution in [1.29, 1.82) is 0 Å². The average molecular weight is 431 g/mol. The number of ether oxygens (including phenoxy) is 1. The highest BCUT2D eigenvalue weighted by Crippen LogP contribution is 2.36. The SMILES string of the molecule is CCc1nnsc1C(=O)Nc1ccc([C@@H]2C[C@H](N(CC)CC)C[C@H](C(C)C)O2)cc1. The number of amides is 1. The number of hydrogen-bond donors (Lipinski definition) is 1. The molecule has 3 atom stereocenters. The van der Waals surface area contributed by atoms with Crippen LogP contribution in [0.5, 0.6) is 0 Å². The molecule has 1 aliphatic rings. The molecule has 1 saturated heterocycles. The number of aryl methyl sites for hydroxylation is 1. The van der Waals surface area contributed by atoms with E-state index < -0.39 is 0 Å². The van der Waals surface area contributed by atoms with Gasteiger partial charge in [0.25, 0.3) is 5.91 Å². The first kappa shape index (κ1) is 22.8. The third-order valence-corrected chi connectivity index (χ3v) is 6.81. The maximum atomic E-state index is 12.5. The van der Waals surface area contributed by atoms with Gasteiger partial charge >= 0.3 is 0 Å². The van der Waals surface area contributed by atoms with Gasteiger partial charge in [0.1, 0.15) is 4.88 Å². The standard InChI is InChI=1S/C23H34N4O2S/c1-6-19-22(30-26-25-19)23(28)24-17-11-9-16(10-12-17)21-14-18(27(7-2)8-3)13-20(29-21)15(4)5/h9-12,15,18,20-21H,6-8,13-14H2,1-5H3,(H,24,28)/t18-,20-,21+/m1/s1. The highest BCUT2D eigenvalue weighted by molar-refractivity contribution is 7.08. The number of aromatic nitrogens is 2. The number of nitrogens with one attached hydrogen (secondary N) is 1. The van der Waals surface area contributed by atoms with Gasteiger partial charge < -0.3 is 15.0 Å². The summed E-state index contributed by atoms with van der Waals surface area (Å²) in [4.78, 5) is 15.7. The summed E-state index contributed by atoms with van der Waals surface area (Å²) in [5, 5.41) is 6.98. The summed E-state index contributed by atoms with van der Waals surface area (Å²) in [5.74, 6) is 0.343. The van der Waals surface area contributed by atoms with Gasteiger partial charge in [0, 0.05) is 11.7 Å². The van der Waals surface area contributed by atoms with Crippen molar-refractivity contribution in [2.45, 2.75) is 72.1 Å². The summed E-state index contributed by atoms with van der Waals surface area (Å²) in [6, 6.07) is 8.61. The van der Waals surface area contributed by atoms with Gasteiger partial charge in [0.05, 0.1) is 17.9 Å². The van der Waals surface area contributed by atoms with Gasteiger partial charge in [-0.25, -0.2) is 0 Å². The number of benzene rings is 1. The van der Waals surface area contributed by atoms with Gasteiger partial charge in [-0.2, -0.15) is 0 Å². The van der Waals surface area contributed by atoms with Crippen LogP contribution >= 0.6 is 11.5 Å². The number of anilines is 1. The molecule has 1 aromatic carbocycles. The molecule has 1 aliphatic heterocycles. The van der Waals surface area contributed by atoms with Crippen molar-refractivity contribution in [3.8, 4) is 0 Å². The molecule has 30 heavy (non-hydrogen) atoms. The molecule has 2 heterocycles. The van der Waals surface area contributed by atoms with Crippen molar-refractivity contribution in [1.82, 2.24) is 14.5 Å². The maximum absolute atomic E-state index is 12.5. The van der Waals surface area contributed by atoms with Crippen LogP contribution in [0.3, 0.4) is 0 Å².